The number of benzene rings is 2. The van der Waals surface area contributed by atoms with Gasteiger partial charge in [0.15, 0.2) is 11.5 Å². The fourth-order valence-electron chi connectivity index (χ4n) is 2.17. The van der Waals surface area contributed by atoms with Crippen LogP contribution in [0.1, 0.15) is 12.5 Å². The van der Waals surface area contributed by atoms with Crippen molar-refractivity contribution >= 4 is 34.8 Å². The van der Waals surface area contributed by atoms with E-state index in [-0.39, 0.29) is 6.61 Å². The number of hydrogen-bond donors (Lipinski definition) is 1. The molecule has 130 valence electrons. The van der Waals surface area contributed by atoms with E-state index in [1.807, 2.05) is 13.0 Å². The lowest BCUT2D eigenvalue weighted by Crippen LogP contribution is -2.01. The Balaban J connectivity index is 1.87. The molecule has 0 amide bonds. The van der Waals surface area contributed by atoms with Gasteiger partial charge in [0.2, 0.25) is 5.82 Å². The highest BCUT2D eigenvalue weighted by Gasteiger charge is 2.16. The van der Waals surface area contributed by atoms with Crippen molar-refractivity contribution in [2.75, 3.05) is 6.61 Å². The first kappa shape index (κ1) is 17.8. The average Bonchev–Trinajstić information content (AvgIpc) is 3.12. The van der Waals surface area contributed by atoms with E-state index >= 15 is 0 Å². The molecule has 25 heavy (non-hydrogen) atoms. The van der Waals surface area contributed by atoms with Crippen LogP contribution in [-0.4, -0.2) is 27.2 Å². The summed E-state index contributed by atoms with van der Waals surface area (Å²) in [6, 6.07) is 8.73. The van der Waals surface area contributed by atoms with Gasteiger partial charge in [0.25, 0.3) is 0 Å². The fraction of sp³-hybridized carbons (Fsp3) is 0.188. The van der Waals surface area contributed by atoms with Crippen molar-refractivity contribution in [3.05, 3.63) is 51.0 Å². The number of aromatic amines is 1. The first-order valence-electron chi connectivity index (χ1n) is 7.35. The lowest BCUT2D eigenvalue weighted by Gasteiger charge is -2.15. The Morgan fingerprint density at radius 3 is 2.52 bits per heavy atom. The van der Waals surface area contributed by atoms with Crippen molar-refractivity contribution in [3.63, 3.8) is 0 Å². The van der Waals surface area contributed by atoms with Crippen LogP contribution in [0.4, 0.5) is 0 Å². The summed E-state index contributed by atoms with van der Waals surface area (Å²) in [6.45, 7) is 2.59. The summed E-state index contributed by atoms with van der Waals surface area (Å²) in [6.07, 6.45) is 0. The number of ether oxygens (including phenoxy) is 2. The SMILES string of the molecule is CCOc1cc(-c2nn[nH]n2)cc(Cl)c1OCc1ccc(Cl)c(Cl)c1. The predicted molar refractivity (Wildman–Crippen MR) is 96.6 cm³/mol. The molecule has 1 aromatic heterocycles. The smallest absolute Gasteiger partial charge is 0.204 e. The topological polar surface area (TPSA) is 72.9 Å². The standard InChI is InChI=1S/C16H13Cl3N4O2/c1-2-24-14-7-10(16-20-22-23-21-16)6-13(19)15(14)25-8-9-3-4-11(17)12(18)5-9/h3-7H,2,8H2,1H3,(H,20,21,22,23). The van der Waals surface area contributed by atoms with E-state index in [1.54, 1.807) is 24.3 Å². The summed E-state index contributed by atoms with van der Waals surface area (Å²) in [5.41, 5.74) is 1.53. The van der Waals surface area contributed by atoms with E-state index in [1.165, 1.54) is 0 Å². The van der Waals surface area contributed by atoms with E-state index in [2.05, 4.69) is 20.6 Å². The van der Waals surface area contributed by atoms with Crippen LogP contribution in [0, 0.1) is 0 Å². The van der Waals surface area contributed by atoms with Gasteiger partial charge in [-0.15, -0.1) is 10.2 Å². The molecule has 3 rings (SSSR count). The van der Waals surface area contributed by atoms with Gasteiger partial charge in [0, 0.05) is 5.56 Å². The summed E-state index contributed by atoms with van der Waals surface area (Å²) in [4.78, 5) is 0. The maximum Gasteiger partial charge on any atom is 0.204 e. The minimum atomic E-state index is 0.262. The molecule has 0 bridgehead atoms. The Bertz CT molecular complexity index is 872. The molecule has 0 aliphatic heterocycles. The molecule has 0 spiro atoms. The maximum absolute atomic E-state index is 6.37. The largest absolute Gasteiger partial charge is 0.490 e. The number of H-pyrrole nitrogens is 1. The quantitative estimate of drug-likeness (QED) is 0.644. The minimum Gasteiger partial charge on any atom is -0.490 e. The predicted octanol–water partition coefficient (Wildman–Crippen LogP) is 4.80. The summed E-state index contributed by atoms with van der Waals surface area (Å²) in [7, 11) is 0. The molecule has 0 saturated carbocycles. The third-order valence-corrected chi connectivity index (χ3v) is 4.30. The molecule has 0 fully saturated rings. The molecule has 6 nitrogen and oxygen atoms in total. The third-order valence-electron chi connectivity index (χ3n) is 3.28. The molecule has 0 aliphatic rings. The molecular weight excluding hydrogens is 387 g/mol. The zero-order valence-corrected chi connectivity index (χ0v) is 15.4. The van der Waals surface area contributed by atoms with Crippen LogP contribution in [0.25, 0.3) is 11.4 Å². The normalized spacial score (nSPS) is 10.7. The molecule has 1 heterocycles. The van der Waals surface area contributed by atoms with Crippen molar-refractivity contribution in [1.29, 1.82) is 0 Å². The van der Waals surface area contributed by atoms with Crippen molar-refractivity contribution < 1.29 is 9.47 Å². The second-order valence-electron chi connectivity index (χ2n) is 4.99. The molecule has 0 aliphatic carbocycles. The molecular formula is C16H13Cl3N4O2. The van der Waals surface area contributed by atoms with Gasteiger partial charge >= 0.3 is 0 Å². The first-order chi connectivity index (χ1) is 12.1. The Hall–Kier alpha value is -2.02. The molecule has 9 heteroatoms. The van der Waals surface area contributed by atoms with Gasteiger partial charge in [0.05, 0.1) is 21.7 Å². The highest BCUT2D eigenvalue weighted by molar-refractivity contribution is 6.42. The van der Waals surface area contributed by atoms with Crippen LogP contribution >= 0.6 is 34.8 Å². The summed E-state index contributed by atoms with van der Waals surface area (Å²) < 4.78 is 11.5. The lowest BCUT2D eigenvalue weighted by atomic mass is 10.2. The number of nitrogens with zero attached hydrogens (tertiary/aromatic N) is 3. The summed E-state index contributed by atoms with van der Waals surface area (Å²) in [5.74, 6) is 1.34. The Labute approximate surface area is 159 Å². The van der Waals surface area contributed by atoms with Gasteiger partial charge in [-0.25, -0.2) is 0 Å². The Kier molecular flexibility index (Phi) is 5.63. The van der Waals surface area contributed by atoms with Crippen LogP contribution in [-0.2, 0) is 6.61 Å². The summed E-state index contributed by atoms with van der Waals surface area (Å²) in [5, 5.41) is 15.2. The molecule has 1 N–H and O–H groups in total. The van der Waals surface area contributed by atoms with Crippen molar-refractivity contribution in [2.45, 2.75) is 13.5 Å². The van der Waals surface area contributed by atoms with Crippen molar-refractivity contribution in [1.82, 2.24) is 20.6 Å². The van der Waals surface area contributed by atoms with E-state index in [0.717, 1.165) is 5.56 Å². The highest BCUT2D eigenvalue weighted by Crippen LogP contribution is 2.39. The monoisotopic (exact) mass is 398 g/mol. The van der Waals surface area contributed by atoms with Crippen LogP contribution in [0.3, 0.4) is 0 Å². The fourth-order valence-corrected chi connectivity index (χ4v) is 2.76. The number of halogens is 3. The second-order valence-corrected chi connectivity index (χ2v) is 6.21. The molecule has 0 saturated heterocycles. The first-order valence-corrected chi connectivity index (χ1v) is 8.48. The van der Waals surface area contributed by atoms with Gasteiger partial charge < -0.3 is 9.47 Å². The molecule has 0 atom stereocenters. The van der Waals surface area contributed by atoms with Gasteiger partial charge in [-0.3, -0.25) is 0 Å². The van der Waals surface area contributed by atoms with Gasteiger partial charge in [-0.1, -0.05) is 40.9 Å². The summed E-state index contributed by atoms with van der Waals surface area (Å²) >= 11 is 18.3. The molecule has 2 aromatic carbocycles. The molecule has 0 radical (unpaired) electrons. The van der Waals surface area contributed by atoms with E-state index < -0.39 is 0 Å². The molecule has 0 unspecified atom stereocenters. The number of aromatic nitrogens is 4. The zero-order chi connectivity index (χ0) is 17.8. The lowest BCUT2D eigenvalue weighted by molar-refractivity contribution is 0.269. The number of nitrogens with one attached hydrogen (secondary N) is 1. The minimum absolute atomic E-state index is 0.262. The Morgan fingerprint density at radius 1 is 1.00 bits per heavy atom. The molecule has 3 aromatic rings. The number of tetrazole rings is 1. The average molecular weight is 400 g/mol. The van der Waals surface area contributed by atoms with Crippen molar-refractivity contribution in [2.24, 2.45) is 0 Å². The van der Waals surface area contributed by atoms with Crippen LogP contribution in [0.15, 0.2) is 30.3 Å². The van der Waals surface area contributed by atoms with Crippen LogP contribution in [0.2, 0.25) is 15.1 Å². The van der Waals surface area contributed by atoms with Crippen LogP contribution in [0.5, 0.6) is 11.5 Å². The van der Waals surface area contributed by atoms with E-state index in [9.17, 15) is 0 Å². The van der Waals surface area contributed by atoms with Gasteiger partial charge in [-0.2, -0.15) is 5.21 Å². The number of rotatable bonds is 6. The van der Waals surface area contributed by atoms with E-state index in [4.69, 9.17) is 44.3 Å². The highest BCUT2D eigenvalue weighted by atomic mass is 35.5. The second kappa shape index (κ2) is 7.91. The number of hydrogen-bond acceptors (Lipinski definition) is 5. The van der Waals surface area contributed by atoms with Crippen molar-refractivity contribution in [3.8, 4) is 22.9 Å². The van der Waals surface area contributed by atoms with Gasteiger partial charge in [0.1, 0.15) is 6.61 Å². The maximum atomic E-state index is 6.37. The third kappa shape index (κ3) is 4.15. The van der Waals surface area contributed by atoms with Crippen LogP contribution < -0.4 is 9.47 Å². The Morgan fingerprint density at radius 2 is 1.84 bits per heavy atom. The van der Waals surface area contributed by atoms with E-state index in [0.29, 0.717) is 44.6 Å². The zero-order valence-electron chi connectivity index (χ0n) is 13.1. The van der Waals surface area contributed by atoms with Gasteiger partial charge in [-0.05, 0) is 42.0 Å².